The average molecular weight is 490 g/mol. The second-order valence-electron chi connectivity index (χ2n) is 8.92. The van der Waals surface area contributed by atoms with Gasteiger partial charge in [-0.15, -0.1) is 0 Å². The van der Waals surface area contributed by atoms with Gasteiger partial charge in [-0.25, -0.2) is 19.3 Å². The summed E-state index contributed by atoms with van der Waals surface area (Å²) in [6.45, 7) is 5.91. The highest BCUT2D eigenvalue weighted by Gasteiger charge is 2.23. The fraction of sp³-hybridized carbons (Fsp3) is 0.385. The minimum atomic E-state index is -0.629. The molecule has 1 aromatic carbocycles. The summed E-state index contributed by atoms with van der Waals surface area (Å²) in [5.74, 6) is 1.39. The van der Waals surface area contributed by atoms with Gasteiger partial charge in [0.2, 0.25) is 0 Å². The number of imidazole rings is 1. The Labute approximate surface area is 208 Å². The molecule has 1 aliphatic rings. The molecule has 10 nitrogen and oxygen atoms in total. The van der Waals surface area contributed by atoms with E-state index in [9.17, 15) is 9.59 Å². The average Bonchev–Trinajstić information content (AvgIpc) is 3.37. The number of aromatic amines is 1. The molecule has 0 bridgehead atoms. The number of nitrogens with one attached hydrogen (secondary N) is 2. The smallest absolute Gasteiger partial charge is 0.334 e. The van der Waals surface area contributed by atoms with Gasteiger partial charge < -0.3 is 19.9 Å². The number of ether oxygens (including phenoxy) is 1. The maximum Gasteiger partial charge on any atom is 0.334 e. The van der Waals surface area contributed by atoms with Crippen molar-refractivity contribution in [3.63, 3.8) is 0 Å². The third-order valence-corrected chi connectivity index (χ3v) is 6.53. The van der Waals surface area contributed by atoms with Crippen molar-refractivity contribution in [2.24, 2.45) is 0 Å². The van der Waals surface area contributed by atoms with Gasteiger partial charge in [0.15, 0.2) is 11.2 Å². The summed E-state index contributed by atoms with van der Waals surface area (Å²) in [5.41, 5.74) is 1.50. The van der Waals surface area contributed by atoms with Gasteiger partial charge in [0.05, 0.1) is 0 Å². The Balaban J connectivity index is 1.59. The SMILES string of the molecule is CCCn1c(=O)c2[nH]c(-c3ccc(N4CCNCC4)nc3)nc2n(C(Cc2ccccc2)OC)c1=O. The fourth-order valence-corrected chi connectivity index (χ4v) is 4.65. The number of piperazine rings is 1. The van der Waals surface area contributed by atoms with E-state index in [-0.39, 0.29) is 16.7 Å². The van der Waals surface area contributed by atoms with Crippen LogP contribution in [0.15, 0.2) is 58.3 Å². The first kappa shape index (κ1) is 24.0. The molecule has 0 radical (unpaired) electrons. The number of pyridine rings is 1. The van der Waals surface area contributed by atoms with Gasteiger partial charge in [-0.1, -0.05) is 37.3 Å². The number of hydrogen-bond donors (Lipinski definition) is 2. The molecule has 2 N–H and O–H groups in total. The van der Waals surface area contributed by atoms with Crippen molar-refractivity contribution in [3.8, 4) is 11.4 Å². The van der Waals surface area contributed by atoms with Crippen LogP contribution in [0.1, 0.15) is 25.1 Å². The van der Waals surface area contributed by atoms with E-state index in [0.29, 0.717) is 25.2 Å². The lowest BCUT2D eigenvalue weighted by molar-refractivity contribution is 0.0427. The zero-order valence-electron chi connectivity index (χ0n) is 20.6. The first-order chi connectivity index (χ1) is 17.6. The van der Waals surface area contributed by atoms with Crippen molar-refractivity contribution >= 4 is 17.0 Å². The van der Waals surface area contributed by atoms with Gasteiger partial charge in [-0.3, -0.25) is 9.36 Å². The Kier molecular flexibility index (Phi) is 6.97. The van der Waals surface area contributed by atoms with Gasteiger partial charge in [0.1, 0.15) is 17.9 Å². The van der Waals surface area contributed by atoms with Crippen LogP contribution in [0, 0.1) is 0 Å². The molecule has 4 aromatic rings. The molecule has 1 atom stereocenters. The molecule has 0 spiro atoms. The lowest BCUT2D eigenvalue weighted by atomic mass is 10.1. The van der Waals surface area contributed by atoms with E-state index >= 15 is 0 Å². The highest BCUT2D eigenvalue weighted by Crippen LogP contribution is 2.23. The van der Waals surface area contributed by atoms with E-state index in [1.165, 1.54) is 9.13 Å². The van der Waals surface area contributed by atoms with Crippen LogP contribution < -0.4 is 21.5 Å². The van der Waals surface area contributed by atoms with Crippen molar-refractivity contribution in [2.45, 2.75) is 32.5 Å². The normalized spacial score (nSPS) is 14.9. The van der Waals surface area contributed by atoms with Gasteiger partial charge in [0.25, 0.3) is 5.56 Å². The summed E-state index contributed by atoms with van der Waals surface area (Å²) in [6.07, 6.45) is 2.23. The maximum atomic E-state index is 13.5. The summed E-state index contributed by atoms with van der Waals surface area (Å²) in [7, 11) is 1.56. The Morgan fingerprint density at radius 2 is 1.86 bits per heavy atom. The predicted molar refractivity (Wildman–Crippen MR) is 139 cm³/mol. The van der Waals surface area contributed by atoms with Gasteiger partial charge in [-0.2, -0.15) is 0 Å². The minimum Gasteiger partial charge on any atom is -0.361 e. The van der Waals surface area contributed by atoms with E-state index in [1.807, 2.05) is 49.4 Å². The van der Waals surface area contributed by atoms with Crippen molar-refractivity contribution < 1.29 is 4.74 Å². The summed E-state index contributed by atoms with van der Waals surface area (Å²) in [4.78, 5) is 41.5. The molecule has 1 fully saturated rings. The third-order valence-electron chi connectivity index (χ3n) is 6.53. The molecule has 0 aliphatic carbocycles. The number of hydrogen-bond acceptors (Lipinski definition) is 7. The molecular formula is C26H31N7O3. The zero-order chi connectivity index (χ0) is 25.1. The Morgan fingerprint density at radius 1 is 1.08 bits per heavy atom. The molecule has 0 amide bonds. The summed E-state index contributed by atoms with van der Waals surface area (Å²) in [5, 5.41) is 3.34. The molecule has 4 heterocycles. The summed E-state index contributed by atoms with van der Waals surface area (Å²) in [6, 6.07) is 13.7. The number of rotatable bonds is 8. The van der Waals surface area contributed by atoms with Crippen molar-refractivity contribution in [1.29, 1.82) is 0 Å². The zero-order valence-corrected chi connectivity index (χ0v) is 20.6. The fourth-order valence-electron chi connectivity index (χ4n) is 4.65. The number of fused-ring (bicyclic) bond motifs is 1. The van der Waals surface area contributed by atoms with E-state index in [2.05, 4.69) is 20.2 Å². The summed E-state index contributed by atoms with van der Waals surface area (Å²) < 4.78 is 8.52. The Morgan fingerprint density at radius 3 is 2.53 bits per heavy atom. The largest absolute Gasteiger partial charge is 0.361 e. The van der Waals surface area contributed by atoms with Crippen LogP contribution in [-0.4, -0.2) is 57.4 Å². The van der Waals surface area contributed by atoms with Gasteiger partial charge in [-0.05, 0) is 24.1 Å². The van der Waals surface area contributed by atoms with Crippen LogP contribution in [0.3, 0.4) is 0 Å². The Bertz CT molecular complexity index is 1430. The van der Waals surface area contributed by atoms with Crippen LogP contribution in [0.4, 0.5) is 5.82 Å². The van der Waals surface area contributed by atoms with E-state index in [0.717, 1.165) is 43.1 Å². The van der Waals surface area contributed by atoms with E-state index < -0.39 is 11.9 Å². The second-order valence-corrected chi connectivity index (χ2v) is 8.92. The molecule has 1 saturated heterocycles. The molecule has 3 aromatic heterocycles. The van der Waals surface area contributed by atoms with Gasteiger partial charge >= 0.3 is 5.69 Å². The Hall–Kier alpha value is -3.76. The topological polar surface area (TPSA) is 110 Å². The maximum absolute atomic E-state index is 13.5. The van der Waals surface area contributed by atoms with Crippen LogP contribution in [-0.2, 0) is 17.7 Å². The number of aromatic nitrogens is 5. The quantitative estimate of drug-likeness (QED) is 0.390. The van der Waals surface area contributed by atoms with E-state index in [1.54, 1.807) is 13.3 Å². The molecule has 10 heteroatoms. The lowest BCUT2D eigenvalue weighted by Crippen LogP contribution is -2.43. The van der Waals surface area contributed by atoms with Crippen LogP contribution in [0.5, 0.6) is 0 Å². The van der Waals surface area contributed by atoms with Crippen molar-refractivity contribution in [2.75, 3.05) is 38.2 Å². The molecule has 1 aliphatic heterocycles. The standard InChI is InChI=1S/C26H31N7O3/c1-3-13-32-25(34)22-24(33(26(32)35)21(36-2)16-18-7-5-4-6-8-18)30-23(29-22)19-9-10-20(28-17-19)31-14-11-27-12-15-31/h4-10,17,21,27H,3,11-16H2,1-2H3,(H,29,30). The second kappa shape index (κ2) is 10.5. The third kappa shape index (κ3) is 4.57. The molecule has 188 valence electrons. The van der Waals surface area contributed by atoms with Crippen LogP contribution in [0.25, 0.3) is 22.6 Å². The molecular weight excluding hydrogens is 458 g/mol. The summed E-state index contributed by atoms with van der Waals surface area (Å²) >= 11 is 0. The first-order valence-electron chi connectivity index (χ1n) is 12.3. The highest BCUT2D eigenvalue weighted by atomic mass is 16.5. The number of H-pyrrole nitrogens is 1. The monoisotopic (exact) mass is 489 g/mol. The van der Waals surface area contributed by atoms with Crippen LogP contribution >= 0.6 is 0 Å². The molecule has 0 saturated carbocycles. The van der Waals surface area contributed by atoms with Gasteiger partial charge in [0, 0.05) is 58.0 Å². The number of benzene rings is 1. The van der Waals surface area contributed by atoms with Crippen LogP contribution in [0.2, 0.25) is 0 Å². The minimum absolute atomic E-state index is 0.277. The van der Waals surface area contributed by atoms with Crippen molar-refractivity contribution in [1.82, 2.24) is 29.4 Å². The van der Waals surface area contributed by atoms with Crippen molar-refractivity contribution in [3.05, 3.63) is 75.1 Å². The molecule has 36 heavy (non-hydrogen) atoms. The highest BCUT2D eigenvalue weighted by molar-refractivity contribution is 5.75. The number of methoxy groups -OCH3 is 1. The first-order valence-corrected chi connectivity index (χ1v) is 12.3. The molecule has 1 unspecified atom stereocenters. The van der Waals surface area contributed by atoms with E-state index in [4.69, 9.17) is 9.72 Å². The number of nitrogens with zero attached hydrogens (tertiary/aromatic N) is 5. The predicted octanol–water partition coefficient (Wildman–Crippen LogP) is 2.16. The number of anilines is 1. The molecule has 5 rings (SSSR count). The lowest BCUT2D eigenvalue weighted by Gasteiger charge is -2.28.